The van der Waals surface area contributed by atoms with Crippen molar-refractivity contribution in [3.05, 3.63) is 22.4 Å². The Morgan fingerprint density at radius 3 is 3.07 bits per heavy atom. The Labute approximate surface area is 96.9 Å². The van der Waals surface area contributed by atoms with Crippen LogP contribution in [-0.4, -0.2) is 12.6 Å². The third kappa shape index (κ3) is 3.32. The molecule has 2 atom stereocenters. The molecule has 1 nitrogen and oxygen atoms in total. The van der Waals surface area contributed by atoms with Crippen LogP contribution >= 0.6 is 11.3 Å². The summed E-state index contributed by atoms with van der Waals surface area (Å²) in [7, 11) is 0. The molecule has 1 saturated carbocycles. The maximum Gasteiger partial charge on any atom is 0.00926 e. The van der Waals surface area contributed by atoms with Crippen LogP contribution in [0.2, 0.25) is 0 Å². The monoisotopic (exact) mass is 223 g/mol. The molecule has 0 aliphatic heterocycles. The van der Waals surface area contributed by atoms with Gasteiger partial charge in [0, 0.05) is 10.9 Å². The molecule has 1 heterocycles. The maximum atomic E-state index is 3.70. The molecule has 15 heavy (non-hydrogen) atoms. The van der Waals surface area contributed by atoms with Crippen LogP contribution in [0.3, 0.4) is 0 Å². The summed E-state index contributed by atoms with van der Waals surface area (Å²) in [4.78, 5) is 1.52. The molecule has 0 radical (unpaired) electrons. The van der Waals surface area contributed by atoms with Crippen LogP contribution < -0.4 is 5.32 Å². The molecule has 1 fully saturated rings. The van der Waals surface area contributed by atoms with Gasteiger partial charge in [0.05, 0.1) is 0 Å². The number of aryl methyl sites for hydroxylation is 1. The van der Waals surface area contributed by atoms with Crippen molar-refractivity contribution in [1.82, 2.24) is 5.32 Å². The Balaban J connectivity index is 1.59. The third-order valence-electron chi connectivity index (χ3n) is 3.45. The molecule has 0 aromatic carbocycles. The highest BCUT2D eigenvalue weighted by atomic mass is 32.1. The van der Waals surface area contributed by atoms with Crippen molar-refractivity contribution in [1.29, 1.82) is 0 Å². The minimum atomic E-state index is 0.799. The second kappa shape index (κ2) is 5.66. The number of rotatable bonds is 5. The summed E-state index contributed by atoms with van der Waals surface area (Å²) in [6.07, 6.45) is 6.75. The van der Waals surface area contributed by atoms with Gasteiger partial charge >= 0.3 is 0 Å². The molecule has 1 N–H and O–H groups in total. The Morgan fingerprint density at radius 2 is 2.40 bits per heavy atom. The fourth-order valence-corrected chi connectivity index (χ4v) is 3.20. The minimum Gasteiger partial charge on any atom is -0.314 e. The lowest BCUT2D eigenvalue weighted by atomic mass is 10.1. The average Bonchev–Trinajstić information content (AvgIpc) is 2.85. The van der Waals surface area contributed by atoms with E-state index in [1.807, 2.05) is 11.3 Å². The fourth-order valence-electron chi connectivity index (χ4n) is 2.45. The van der Waals surface area contributed by atoms with Gasteiger partial charge in [-0.2, -0.15) is 0 Å². The van der Waals surface area contributed by atoms with Crippen molar-refractivity contribution >= 4 is 11.3 Å². The summed E-state index contributed by atoms with van der Waals surface area (Å²) in [5, 5.41) is 5.87. The molecule has 0 saturated heterocycles. The average molecular weight is 223 g/mol. The van der Waals surface area contributed by atoms with Crippen molar-refractivity contribution in [3.63, 3.8) is 0 Å². The Morgan fingerprint density at radius 1 is 1.47 bits per heavy atom. The van der Waals surface area contributed by atoms with Crippen LogP contribution in [0, 0.1) is 5.92 Å². The molecule has 2 unspecified atom stereocenters. The van der Waals surface area contributed by atoms with Crippen molar-refractivity contribution in [2.75, 3.05) is 6.54 Å². The quantitative estimate of drug-likeness (QED) is 0.754. The van der Waals surface area contributed by atoms with Crippen molar-refractivity contribution in [2.24, 2.45) is 5.92 Å². The van der Waals surface area contributed by atoms with E-state index < -0.39 is 0 Å². The van der Waals surface area contributed by atoms with Gasteiger partial charge < -0.3 is 5.32 Å². The number of thiophene rings is 1. The number of hydrogen-bond acceptors (Lipinski definition) is 2. The SMILES string of the molecule is CC1CCCC1NCCCc1cccs1. The van der Waals surface area contributed by atoms with Crippen LogP contribution in [-0.2, 0) is 6.42 Å². The van der Waals surface area contributed by atoms with Gasteiger partial charge in [-0.05, 0) is 49.6 Å². The van der Waals surface area contributed by atoms with Gasteiger partial charge in [0.2, 0.25) is 0 Å². The summed E-state index contributed by atoms with van der Waals surface area (Å²) in [6.45, 7) is 3.57. The smallest absolute Gasteiger partial charge is 0.00926 e. The van der Waals surface area contributed by atoms with E-state index in [-0.39, 0.29) is 0 Å². The van der Waals surface area contributed by atoms with Crippen LogP contribution in [0.5, 0.6) is 0 Å². The topological polar surface area (TPSA) is 12.0 Å². The second-order valence-electron chi connectivity index (χ2n) is 4.65. The highest BCUT2D eigenvalue weighted by molar-refractivity contribution is 7.09. The molecule has 2 heteroatoms. The summed E-state index contributed by atoms with van der Waals surface area (Å²) in [5.74, 6) is 0.895. The number of hydrogen-bond donors (Lipinski definition) is 1. The largest absolute Gasteiger partial charge is 0.314 e. The molecule has 0 spiro atoms. The summed E-state index contributed by atoms with van der Waals surface area (Å²) >= 11 is 1.88. The van der Waals surface area contributed by atoms with Crippen LogP contribution in [0.1, 0.15) is 37.5 Å². The zero-order chi connectivity index (χ0) is 10.5. The molecule has 0 amide bonds. The molecule has 0 bridgehead atoms. The summed E-state index contributed by atoms with van der Waals surface area (Å²) < 4.78 is 0. The van der Waals surface area contributed by atoms with Crippen LogP contribution in [0.4, 0.5) is 0 Å². The van der Waals surface area contributed by atoms with Gasteiger partial charge in [-0.3, -0.25) is 0 Å². The first kappa shape index (κ1) is 11.2. The predicted molar refractivity (Wildman–Crippen MR) is 67.4 cm³/mol. The van der Waals surface area contributed by atoms with Crippen LogP contribution in [0.15, 0.2) is 17.5 Å². The lowest BCUT2D eigenvalue weighted by Crippen LogP contribution is -2.31. The first-order chi connectivity index (χ1) is 7.36. The van der Waals surface area contributed by atoms with E-state index in [0.29, 0.717) is 0 Å². The maximum absolute atomic E-state index is 3.70. The van der Waals surface area contributed by atoms with E-state index in [1.165, 1.54) is 43.5 Å². The first-order valence-corrected chi connectivity index (χ1v) is 7.00. The van der Waals surface area contributed by atoms with Crippen molar-refractivity contribution in [2.45, 2.75) is 45.1 Å². The summed E-state index contributed by atoms with van der Waals surface area (Å²) in [6, 6.07) is 5.18. The van der Waals surface area contributed by atoms with Gasteiger partial charge in [-0.25, -0.2) is 0 Å². The molecular weight excluding hydrogens is 202 g/mol. The zero-order valence-corrected chi connectivity index (χ0v) is 10.4. The normalized spacial score (nSPS) is 25.9. The molecule has 1 aromatic heterocycles. The Kier molecular flexibility index (Phi) is 4.21. The van der Waals surface area contributed by atoms with E-state index in [0.717, 1.165) is 12.0 Å². The minimum absolute atomic E-state index is 0.799. The van der Waals surface area contributed by atoms with E-state index in [9.17, 15) is 0 Å². The molecule has 1 aromatic rings. The van der Waals surface area contributed by atoms with Gasteiger partial charge in [-0.15, -0.1) is 11.3 Å². The first-order valence-electron chi connectivity index (χ1n) is 6.12. The van der Waals surface area contributed by atoms with E-state index in [2.05, 4.69) is 29.8 Å². The highest BCUT2D eigenvalue weighted by Gasteiger charge is 2.21. The van der Waals surface area contributed by atoms with Gasteiger partial charge in [-0.1, -0.05) is 19.4 Å². The lowest BCUT2D eigenvalue weighted by molar-refractivity contribution is 0.424. The molecular formula is C13H21NS. The van der Waals surface area contributed by atoms with Gasteiger partial charge in [0.1, 0.15) is 0 Å². The van der Waals surface area contributed by atoms with E-state index in [4.69, 9.17) is 0 Å². The van der Waals surface area contributed by atoms with Crippen LogP contribution in [0.25, 0.3) is 0 Å². The van der Waals surface area contributed by atoms with E-state index in [1.54, 1.807) is 0 Å². The molecule has 1 aliphatic rings. The summed E-state index contributed by atoms with van der Waals surface area (Å²) in [5.41, 5.74) is 0. The second-order valence-corrected chi connectivity index (χ2v) is 5.68. The zero-order valence-electron chi connectivity index (χ0n) is 9.54. The standard InChI is InChI=1S/C13H21NS/c1-11-5-2-8-13(11)14-9-3-6-12-7-4-10-15-12/h4,7,10-11,13-14H,2-3,5-6,8-9H2,1H3. The van der Waals surface area contributed by atoms with Gasteiger partial charge in [0.25, 0.3) is 0 Å². The Bertz CT molecular complexity index is 268. The molecule has 84 valence electrons. The number of nitrogens with one attached hydrogen (secondary N) is 1. The van der Waals surface area contributed by atoms with Gasteiger partial charge in [0.15, 0.2) is 0 Å². The molecule has 2 rings (SSSR count). The third-order valence-corrected chi connectivity index (χ3v) is 4.38. The van der Waals surface area contributed by atoms with Crippen molar-refractivity contribution < 1.29 is 0 Å². The highest BCUT2D eigenvalue weighted by Crippen LogP contribution is 2.24. The van der Waals surface area contributed by atoms with Crippen molar-refractivity contribution in [3.8, 4) is 0 Å². The lowest BCUT2D eigenvalue weighted by Gasteiger charge is -2.16. The molecule has 1 aliphatic carbocycles. The fraction of sp³-hybridized carbons (Fsp3) is 0.692. The van der Waals surface area contributed by atoms with E-state index >= 15 is 0 Å². The Hall–Kier alpha value is -0.340. The predicted octanol–water partition coefficient (Wildman–Crippen LogP) is 3.46.